The lowest BCUT2D eigenvalue weighted by Crippen LogP contribution is -2.43. The Kier molecular flexibility index (Phi) is 3.76. The average Bonchev–Trinajstić information content (AvgIpc) is 2.68. The molecule has 1 aromatic heterocycles. The molecule has 0 radical (unpaired) electrons. The molecule has 132 valence electrons. The molecule has 0 aliphatic carbocycles. The van der Waals surface area contributed by atoms with Crippen molar-refractivity contribution < 1.29 is 42.3 Å². The zero-order valence-corrected chi connectivity index (χ0v) is 12.3. The molecule has 11 nitrogen and oxygen atoms in total. The number of aliphatic hydroxyl groups excluding tert-OH is 2. The third kappa shape index (κ3) is 3.47. The minimum Gasteiger partial charge on any atom is -0.385 e. The van der Waals surface area contributed by atoms with E-state index < -0.39 is 55.5 Å². The van der Waals surface area contributed by atoms with E-state index in [0.717, 1.165) is 0 Å². The van der Waals surface area contributed by atoms with Crippen molar-refractivity contribution in [2.45, 2.75) is 24.3 Å². The van der Waals surface area contributed by atoms with E-state index in [-0.39, 0.29) is 4.57 Å². The molecule has 0 amide bonds. The first-order chi connectivity index (χ1) is 12.1. The summed E-state index contributed by atoms with van der Waals surface area (Å²) in [4.78, 5) is 42.4. The first kappa shape index (κ1) is 14.5. The van der Waals surface area contributed by atoms with Crippen molar-refractivity contribution in [2.24, 2.45) is 0 Å². The van der Waals surface area contributed by atoms with Crippen molar-refractivity contribution in [3.8, 4) is 12.3 Å². The Bertz CT molecular complexity index is 971. The molecule has 0 saturated carbocycles. The summed E-state index contributed by atoms with van der Waals surface area (Å²) in [6.45, 7) is -4.09. The first-order valence-corrected chi connectivity index (χ1v) is 7.46. The fraction of sp³-hybridized carbons (Fsp3) is 0.455. The van der Waals surface area contributed by atoms with Crippen LogP contribution in [0.5, 0.6) is 0 Å². The summed E-state index contributed by atoms with van der Waals surface area (Å²) in [6.07, 6.45) is -3.41. The summed E-state index contributed by atoms with van der Waals surface area (Å²) in [5, 5.41) is 19.9. The number of terminal acetylenes is 1. The number of nitrogens with zero attached hydrogens (tertiary/aromatic N) is 1. The van der Waals surface area contributed by atoms with E-state index in [0.29, 0.717) is 6.20 Å². The Hall–Kier alpha value is -1.84. The van der Waals surface area contributed by atoms with Crippen molar-refractivity contribution in [3.05, 3.63) is 32.6 Å². The zero-order chi connectivity index (χ0) is 21.0. The fourth-order valence-electron chi connectivity index (χ4n) is 1.74. The smallest absolute Gasteiger partial charge is 0.385 e. The fourth-order valence-corrected chi connectivity index (χ4v) is 1.99. The number of nitrogens with one attached hydrogen (secondary N) is 1. The number of rotatable bonds is 4. The predicted molar refractivity (Wildman–Crippen MR) is 73.2 cm³/mol. The van der Waals surface area contributed by atoms with Gasteiger partial charge in [-0.25, -0.2) is 13.8 Å². The third-order valence-corrected chi connectivity index (χ3v) is 3.15. The van der Waals surface area contributed by atoms with Gasteiger partial charge in [-0.05, 0) is 0 Å². The van der Waals surface area contributed by atoms with Gasteiger partial charge in [0.15, 0.2) is 6.20 Å². The minimum atomic E-state index is -5.66. The second-order valence-electron chi connectivity index (χ2n) is 4.48. The van der Waals surface area contributed by atoms with Gasteiger partial charge in [0.25, 0.3) is 11.4 Å². The number of alkyl halides is 1. The maximum Gasteiger partial charge on any atom is 0.469 e. The normalized spacial score (nSPS) is 35.8. The number of aromatic nitrogens is 2. The lowest BCUT2D eigenvalue weighted by Gasteiger charge is -2.22. The summed E-state index contributed by atoms with van der Waals surface area (Å²) < 4.78 is 56.6. The van der Waals surface area contributed by atoms with E-state index in [9.17, 15) is 24.4 Å². The maximum atomic E-state index is 15.0. The number of hydrogen-bond donors (Lipinski definition) is 5. The number of ether oxygens (including phenoxy) is 1. The second kappa shape index (κ2) is 6.23. The molecule has 0 bridgehead atoms. The van der Waals surface area contributed by atoms with Crippen LogP contribution >= 0.6 is 7.82 Å². The van der Waals surface area contributed by atoms with Crippen LogP contribution in [0.1, 0.15) is 15.9 Å². The van der Waals surface area contributed by atoms with Crippen molar-refractivity contribution in [1.82, 2.24) is 9.55 Å². The van der Waals surface area contributed by atoms with Crippen molar-refractivity contribution >= 4 is 7.82 Å². The molecule has 24 heavy (non-hydrogen) atoms. The number of aliphatic hydroxyl groups is 2. The summed E-state index contributed by atoms with van der Waals surface area (Å²) in [5.74, 6) is -2.39. The molecule has 1 aliphatic heterocycles. The van der Waals surface area contributed by atoms with Crippen LogP contribution in [0.25, 0.3) is 0 Å². The Morgan fingerprint density at radius 1 is 1.62 bits per heavy atom. The Labute approximate surface area is 136 Å². The molecule has 5 N–H and O–H groups in total. The highest BCUT2D eigenvalue weighted by Crippen LogP contribution is 2.43. The molecule has 0 aromatic carbocycles. The Morgan fingerprint density at radius 2 is 2.25 bits per heavy atom. The molecule has 2 rings (SSSR count). The Balaban J connectivity index is 2.63. The molecule has 1 aliphatic rings. The van der Waals surface area contributed by atoms with Gasteiger partial charge >= 0.3 is 13.5 Å². The van der Waals surface area contributed by atoms with Gasteiger partial charge in [0.05, 0.1) is 4.11 Å². The Morgan fingerprint density at radius 3 is 2.79 bits per heavy atom. The van der Waals surface area contributed by atoms with E-state index in [4.69, 9.17) is 20.3 Å². The average molecular weight is 369 g/mol. The number of hydrogen-bond acceptors (Lipinski definition) is 7. The van der Waals surface area contributed by atoms with Gasteiger partial charge in [0.1, 0.15) is 24.3 Å². The number of phosphoric acid groups is 1. The number of aromatic amines is 1. The summed E-state index contributed by atoms with van der Waals surface area (Å²) >= 11 is 0. The van der Waals surface area contributed by atoms with Gasteiger partial charge in [-0.2, -0.15) is 0 Å². The molecule has 1 aromatic rings. The van der Waals surface area contributed by atoms with Gasteiger partial charge in [0, 0.05) is 6.20 Å². The van der Waals surface area contributed by atoms with E-state index in [2.05, 4.69) is 9.26 Å². The molecular weight excluding hydrogens is 354 g/mol. The van der Waals surface area contributed by atoms with Crippen LogP contribution in [0.2, 0.25) is 0 Å². The molecule has 0 unspecified atom stereocenters. The van der Waals surface area contributed by atoms with Crippen LogP contribution in [0.3, 0.4) is 0 Å². The van der Waals surface area contributed by atoms with Crippen LogP contribution in [0.15, 0.2) is 15.8 Å². The van der Waals surface area contributed by atoms with Gasteiger partial charge in [-0.1, -0.05) is 5.92 Å². The third-order valence-electron chi connectivity index (χ3n) is 2.82. The van der Waals surface area contributed by atoms with Crippen LogP contribution in [0, 0.1) is 12.3 Å². The summed E-state index contributed by atoms with van der Waals surface area (Å²) in [7, 11) is -5.66. The molecule has 13 heteroatoms. The summed E-state index contributed by atoms with van der Waals surface area (Å²) in [6, 6.07) is 0. The minimum absolute atomic E-state index is 0.0619. The monoisotopic (exact) mass is 369 g/mol. The number of H-pyrrole nitrogens is 1. The lowest BCUT2D eigenvalue weighted by molar-refractivity contribution is -0.205. The van der Waals surface area contributed by atoms with Gasteiger partial charge in [0.2, 0.25) is 0 Å². The molecular formula is C11H12FN2O9P. The van der Waals surface area contributed by atoms with E-state index in [1.807, 2.05) is 5.92 Å². The van der Waals surface area contributed by atoms with Crippen molar-refractivity contribution in [3.63, 3.8) is 0 Å². The second-order valence-corrected chi connectivity index (χ2v) is 5.64. The van der Waals surface area contributed by atoms with Crippen molar-refractivity contribution in [1.29, 1.82) is 0 Å². The largest absolute Gasteiger partial charge is 0.469 e. The van der Waals surface area contributed by atoms with Crippen LogP contribution < -0.4 is 11.2 Å². The highest BCUT2D eigenvalue weighted by atomic mass is 31.2. The van der Waals surface area contributed by atoms with E-state index in [1.54, 1.807) is 4.98 Å². The molecule has 2 heterocycles. The highest BCUT2D eigenvalue weighted by Gasteiger charge is 2.57. The quantitative estimate of drug-likeness (QED) is 0.285. The molecule has 0 spiro atoms. The standard InChI is InChI=1S/C11H12FN2O9P/c1-2-5-3-14(10(18)13-8(5)17)9-6(15)7(16)11(12,23-9)4-22-24(19,20)21/h1,3,6-7,9,15-16H,4H2,(H,13,17,18)(H2,19,20,21)/t6-,7+,9-,11-/m1/s1/i4D2,9D. The molecule has 1 saturated heterocycles. The summed E-state index contributed by atoms with van der Waals surface area (Å²) in [5.41, 5.74) is -3.07. The van der Waals surface area contributed by atoms with Crippen molar-refractivity contribution in [2.75, 3.05) is 6.56 Å². The predicted octanol–water partition coefficient (Wildman–Crippen LogP) is -2.46. The molecule has 1 fully saturated rings. The van der Waals surface area contributed by atoms with Gasteiger partial charge < -0.3 is 24.7 Å². The first-order valence-electron chi connectivity index (χ1n) is 7.43. The zero-order valence-electron chi connectivity index (χ0n) is 14.4. The van der Waals surface area contributed by atoms with Crippen LogP contribution in [0.4, 0.5) is 4.39 Å². The van der Waals surface area contributed by atoms with E-state index in [1.165, 1.54) is 0 Å². The topological polar surface area (TPSA) is 171 Å². The van der Waals surface area contributed by atoms with Crippen LogP contribution in [-0.2, 0) is 13.8 Å². The number of halogens is 1. The van der Waals surface area contributed by atoms with Crippen LogP contribution in [-0.4, -0.2) is 54.2 Å². The SMILES string of the molecule is [2H]C([2H])(OP(=O)(O)O)[C@@]1(F)O[C@@]([2H])(n2cc(C#C)c(=O)[nH]c2=O)[C@H](O)[C@@H]1O. The van der Waals surface area contributed by atoms with Gasteiger partial charge in [-0.3, -0.25) is 18.9 Å². The van der Waals surface area contributed by atoms with E-state index >= 15 is 4.39 Å². The molecule has 4 atom stereocenters. The lowest BCUT2D eigenvalue weighted by atomic mass is 10.1. The maximum absolute atomic E-state index is 15.0. The highest BCUT2D eigenvalue weighted by molar-refractivity contribution is 7.46. The van der Waals surface area contributed by atoms with Gasteiger partial charge in [-0.15, -0.1) is 6.42 Å². The number of phosphoric ester groups is 1.